The van der Waals surface area contributed by atoms with Crippen LogP contribution in [0.5, 0.6) is 0 Å². The largest absolute Gasteiger partial charge is 0.397 e. The van der Waals surface area contributed by atoms with Crippen LogP contribution in [0, 0.1) is 0 Å². The minimum absolute atomic E-state index is 0.441. The zero-order valence-corrected chi connectivity index (χ0v) is 9.43. The van der Waals surface area contributed by atoms with E-state index in [1.165, 1.54) is 0 Å². The third-order valence-corrected chi connectivity index (χ3v) is 2.58. The molecule has 15 heavy (non-hydrogen) atoms. The highest BCUT2D eigenvalue weighted by Crippen LogP contribution is 2.22. The molecule has 0 bridgehead atoms. The summed E-state index contributed by atoms with van der Waals surface area (Å²) in [6, 6.07) is 5.13. The lowest BCUT2D eigenvalue weighted by atomic mass is 10.1. The molecule has 1 aromatic carbocycles. The van der Waals surface area contributed by atoms with Gasteiger partial charge in [-0.2, -0.15) is 11.8 Å². The number of benzene rings is 1. The molecule has 0 atom stereocenters. The zero-order valence-electron chi connectivity index (χ0n) is 8.62. The summed E-state index contributed by atoms with van der Waals surface area (Å²) in [5, 5.41) is 3.12. The fraction of sp³-hybridized carbons (Fsp3) is 0.300. The van der Waals surface area contributed by atoms with Crippen molar-refractivity contribution in [3.63, 3.8) is 0 Å². The van der Waals surface area contributed by atoms with Crippen LogP contribution in [0.15, 0.2) is 18.2 Å². The first-order valence-corrected chi connectivity index (χ1v) is 5.97. The topological polar surface area (TPSA) is 81.1 Å². The Morgan fingerprint density at radius 2 is 2.27 bits per heavy atom. The summed E-state index contributed by atoms with van der Waals surface area (Å²) in [6.45, 7) is 0.760. The van der Waals surface area contributed by atoms with E-state index in [9.17, 15) is 4.79 Å². The lowest BCUT2D eigenvalue weighted by Gasteiger charge is -2.11. The lowest BCUT2D eigenvalue weighted by molar-refractivity contribution is 0.100. The summed E-state index contributed by atoms with van der Waals surface area (Å²) >= 11 is 1.72. The van der Waals surface area contributed by atoms with E-state index in [0.717, 1.165) is 12.3 Å². The minimum Gasteiger partial charge on any atom is -0.397 e. The number of primary amides is 1. The number of nitrogens with one attached hydrogen (secondary N) is 1. The number of hydrogen-bond acceptors (Lipinski definition) is 4. The molecule has 0 saturated carbocycles. The van der Waals surface area contributed by atoms with Crippen LogP contribution in [0.25, 0.3) is 0 Å². The molecule has 0 spiro atoms. The number of thioether (sulfide) groups is 1. The monoisotopic (exact) mass is 225 g/mol. The van der Waals surface area contributed by atoms with Crippen LogP contribution in [0.3, 0.4) is 0 Å². The van der Waals surface area contributed by atoms with Crippen LogP contribution in [-0.2, 0) is 0 Å². The van der Waals surface area contributed by atoms with E-state index in [2.05, 4.69) is 5.32 Å². The lowest BCUT2D eigenvalue weighted by Crippen LogP contribution is -2.16. The van der Waals surface area contributed by atoms with Gasteiger partial charge in [-0.15, -0.1) is 0 Å². The van der Waals surface area contributed by atoms with E-state index in [1.807, 2.05) is 6.26 Å². The second-order valence-corrected chi connectivity index (χ2v) is 4.04. The molecular formula is C10H15N3OS. The summed E-state index contributed by atoms with van der Waals surface area (Å²) in [5.74, 6) is 0.487. The van der Waals surface area contributed by atoms with Gasteiger partial charge in [0.25, 0.3) is 5.91 Å². The van der Waals surface area contributed by atoms with Crippen LogP contribution >= 0.6 is 11.8 Å². The summed E-state index contributed by atoms with van der Waals surface area (Å²) in [6.07, 6.45) is 2.02. The molecule has 5 N–H and O–H groups in total. The Bertz CT molecular complexity index is 355. The van der Waals surface area contributed by atoms with Crippen molar-refractivity contribution in [2.24, 2.45) is 5.73 Å². The quantitative estimate of drug-likeness (QED) is 0.518. The highest BCUT2D eigenvalue weighted by Gasteiger charge is 2.09. The number of anilines is 2. The van der Waals surface area contributed by atoms with Gasteiger partial charge in [0, 0.05) is 12.3 Å². The molecule has 0 saturated heterocycles. The number of amides is 1. The molecule has 1 aromatic rings. The van der Waals surface area contributed by atoms with E-state index < -0.39 is 5.91 Å². The van der Waals surface area contributed by atoms with E-state index in [4.69, 9.17) is 11.5 Å². The number of hydrogen-bond donors (Lipinski definition) is 3. The molecule has 0 aliphatic heterocycles. The van der Waals surface area contributed by atoms with Crippen LogP contribution in [0.1, 0.15) is 10.4 Å². The molecule has 0 unspecified atom stereocenters. The average Bonchev–Trinajstić information content (AvgIpc) is 2.20. The first-order valence-electron chi connectivity index (χ1n) is 4.58. The van der Waals surface area contributed by atoms with Gasteiger partial charge in [0.15, 0.2) is 0 Å². The molecule has 82 valence electrons. The second-order valence-electron chi connectivity index (χ2n) is 3.05. The molecule has 0 aliphatic rings. The SMILES string of the molecule is CSCCNc1c(N)cccc1C(N)=O. The second kappa shape index (κ2) is 5.50. The van der Waals surface area contributed by atoms with E-state index in [0.29, 0.717) is 16.9 Å². The molecule has 0 aliphatic carbocycles. The standard InChI is InChI=1S/C10H15N3OS/c1-15-6-5-13-9-7(10(12)14)3-2-4-8(9)11/h2-4,13H,5-6,11H2,1H3,(H2,12,14). The molecule has 0 aromatic heterocycles. The van der Waals surface area contributed by atoms with Crippen molar-refractivity contribution in [2.45, 2.75) is 0 Å². The molecule has 5 heteroatoms. The summed E-state index contributed by atoms with van der Waals surface area (Å²) < 4.78 is 0. The number of para-hydroxylation sites is 1. The smallest absolute Gasteiger partial charge is 0.250 e. The normalized spacial score (nSPS) is 9.93. The van der Waals surface area contributed by atoms with Crippen molar-refractivity contribution >= 4 is 29.0 Å². The molecule has 1 rings (SSSR count). The van der Waals surface area contributed by atoms with Crippen molar-refractivity contribution in [3.8, 4) is 0 Å². The van der Waals surface area contributed by atoms with Crippen molar-refractivity contribution in [3.05, 3.63) is 23.8 Å². The number of carbonyl (C=O) groups excluding carboxylic acids is 1. The van der Waals surface area contributed by atoms with Gasteiger partial charge >= 0.3 is 0 Å². The zero-order chi connectivity index (χ0) is 11.3. The Morgan fingerprint density at radius 1 is 1.53 bits per heavy atom. The van der Waals surface area contributed by atoms with Gasteiger partial charge in [-0.3, -0.25) is 4.79 Å². The molecule has 4 nitrogen and oxygen atoms in total. The predicted molar refractivity (Wildman–Crippen MR) is 66.2 cm³/mol. The van der Waals surface area contributed by atoms with Gasteiger partial charge in [0.2, 0.25) is 0 Å². The summed E-state index contributed by atoms with van der Waals surface area (Å²) in [7, 11) is 0. The van der Waals surface area contributed by atoms with Gasteiger partial charge < -0.3 is 16.8 Å². The van der Waals surface area contributed by atoms with E-state index >= 15 is 0 Å². The molecular weight excluding hydrogens is 210 g/mol. The van der Waals surface area contributed by atoms with Gasteiger partial charge in [-0.1, -0.05) is 6.07 Å². The van der Waals surface area contributed by atoms with Crippen molar-refractivity contribution in [1.82, 2.24) is 0 Å². The maximum atomic E-state index is 11.1. The van der Waals surface area contributed by atoms with Crippen LogP contribution in [0.4, 0.5) is 11.4 Å². The Kier molecular flexibility index (Phi) is 4.30. The fourth-order valence-electron chi connectivity index (χ4n) is 1.25. The number of carbonyl (C=O) groups is 1. The number of nitrogen functional groups attached to an aromatic ring is 1. The third-order valence-electron chi connectivity index (χ3n) is 1.97. The van der Waals surface area contributed by atoms with E-state index in [1.54, 1.807) is 30.0 Å². The number of nitrogens with two attached hydrogens (primary N) is 2. The Hall–Kier alpha value is -1.36. The maximum Gasteiger partial charge on any atom is 0.250 e. The molecule has 1 amide bonds. The first-order chi connectivity index (χ1) is 7.16. The maximum absolute atomic E-state index is 11.1. The predicted octanol–water partition coefficient (Wildman–Crippen LogP) is 1.14. The average molecular weight is 225 g/mol. The van der Waals surface area contributed by atoms with Gasteiger partial charge in [0.1, 0.15) is 0 Å². The van der Waals surface area contributed by atoms with Crippen LogP contribution in [-0.4, -0.2) is 24.5 Å². The fourth-order valence-corrected chi connectivity index (χ4v) is 1.56. The van der Waals surface area contributed by atoms with Gasteiger partial charge in [-0.05, 0) is 18.4 Å². The van der Waals surface area contributed by atoms with Crippen LogP contribution in [0.2, 0.25) is 0 Å². The van der Waals surface area contributed by atoms with Gasteiger partial charge in [0.05, 0.1) is 16.9 Å². The molecule has 0 heterocycles. The van der Waals surface area contributed by atoms with Crippen molar-refractivity contribution in [2.75, 3.05) is 29.6 Å². The van der Waals surface area contributed by atoms with Crippen molar-refractivity contribution < 1.29 is 4.79 Å². The van der Waals surface area contributed by atoms with Crippen molar-refractivity contribution in [1.29, 1.82) is 0 Å². The molecule has 0 fully saturated rings. The summed E-state index contributed by atoms with van der Waals surface area (Å²) in [4.78, 5) is 11.1. The van der Waals surface area contributed by atoms with Crippen LogP contribution < -0.4 is 16.8 Å². The third kappa shape index (κ3) is 3.06. The van der Waals surface area contributed by atoms with E-state index in [-0.39, 0.29) is 0 Å². The Labute approximate surface area is 93.4 Å². The Balaban J connectivity index is 2.87. The molecule has 0 radical (unpaired) electrons. The highest BCUT2D eigenvalue weighted by molar-refractivity contribution is 7.98. The number of rotatable bonds is 5. The first kappa shape index (κ1) is 11.7. The van der Waals surface area contributed by atoms with Gasteiger partial charge in [-0.25, -0.2) is 0 Å². The minimum atomic E-state index is -0.464. The highest BCUT2D eigenvalue weighted by atomic mass is 32.2. The Morgan fingerprint density at radius 3 is 2.87 bits per heavy atom. The summed E-state index contributed by atoms with van der Waals surface area (Å²) in [5.41, 5.74) is 12.6.